The summed E-state index contributed by atoms with van der Waals surface area (Å²) in [7, 11) is 1.89. The van der Waals surface area contributed by atoms with Gasteiger partial charge in [0.2, 0.25) is 5.91 Å². The van der Waals surface area contributed by atoms with E-state index < -0.39 is 17.6 Å². The van der Waals surface area contributed by atoms with Crippen LogP contribution in [-0.2, 0) is 21.4 Å². The van der Waals surface area contributed by atoms with Gasteiger partial charge in [-0.25, -0.2) is 0 Å². The minimum Gasteiger partial charge on any atom is -0.342 e. The van der Waals surface area contributed by atoms with Crippen LogP contribution in [0.1, 0.15) is 37.7 Å². The van der Waals surface area contributed by atoms with Crippen molar-refractivity contribution < 1.29 is 27.6 Å². The van der Waals surface area contributed by atoms with Crippen LogP contribution in [0.15, 0.2) is 53.7 Å². The van der Waals surface area contributed by atoms with Crippen molar-refractivity contribution in [2.75, 3.05) is 32.7 Å². The van der Waals surface area contributed by atoms with Crippen LogP contribution in [0, 0.1) is 11.8 Å². The number of aryl methyl sites for hydroxylation is 1. The highest BCUT2D eigenvalue weighted by atomic mass is 19.4. The third kappa shape index (κ3) is 5.03. The molecule has 7 rings (SSSR count). The van der Waals surface area contributed by atoms with Crippen molar-refractivity contribution in [3.05, 3.63) is 54.2 Å². The quantitative estimate of drug-likeness (QED) is 0.439. The van der Waals surface area contributed by atoms with Crippen LogP contribution in [0.5, 0.6) is 0 Å². The molecule has 3 aromatic rings. The molecule has 1 spiro atoms. The normalized spacial score (nSPS) is 21.9. The number of halogens is 3. The second-order valence-electron chi connectivity index (χ2n) is 12.5. The molecule has 3 aliphatic heterocycles. The van der Waals surface area contributed by atoms with Crippen molar-refractivity contribution >= 4 is 34.5 Å². The summed E-state index contributed by atoms with van der Waals surface area (Å²) in [5, 5.41) is 5.33. The summed E-state index contributed by atoms with van der Waals surface area (Å²) in [4.78, 5) is 47.9. The van der Waals surface area contributed by atoms with Crippen LogP contribution in [0.2, 0.25) is 0 Å². The number of alkyl halides is 3. The van der Waals surface area contributed by atoms with Gasteiger partial charge >= 0.3 is 12.1 Å². The van der Waals surface area contributed by atoms with Crippen LogP contribution in [0.3, 0.4) is 0 Å². The van der Waals surface area contributed by atoms with Crippen molar-refractivity contribution in [3.8, 4) is 11.1 Å². The number of amides is 3. The first-order valence-electron chi connectivity index (χ1n) is 15.1. The summed E-state index contributed by atoms with van der Waals surface area (Å²) in [6.45, 7) is 1.21. The molecule has 1 atom stereocenters. The van der Waals surface area contributed by atoms with E-state index in [4.69, 9.17) is 4.99 Å². The summed E-state index contributed by atoms with van der Waals surface area (Å²) in [6, 6.07) is 13.9. The maximum absolute atomic E-state index is 14.1. The predicted molar refractivity (Wildman–Crippen MR) is 156 cm³/mol. The highest BCUT2D eigenvalue weighted by molar-refractivity contribution is 6.15. The second-order valence-corrected chi connectivity index (χ2v) is 12.5. The molecule has 3 amide bonds. The minimum atomic E-state index is -4.96. The molecule has 4 heterocycles. The van der Waals surface area contributed by atoms with E-state index in [2.05, 4.69) is 11.2 Å². The lowest BCUT2D eigenvalue weighted by Gasteiger charge is -2.36. The lowest BCUT2D eigenvalue weighted by molar-refractivity contribution is -0.187. The molecule has 12 heteroatoms. The standard InChI is InChI=1S/C32H33F3N6O3/c1-38-26-9-8-24(16-25(26)17-36-38)21-2-4-22(5-3-21)27-37-31(11-14-39(15-12-31)30(44)32(33,34)35)29(43)41(27)19-20-10-13-40(18-20)28(42)23-6-7-23/h2-5,8-9,16-17,20,23H,6-7,10-15,18-19H2,1H3. The number of nitrogens with zero attached hydrogens (tertiary/aromatic N) is 6. The number of aromatic nitrogens is 2. The van der Waals surface area contributed by atoms with Gasteiger partial charge in [0, 0.05) is 56.6 Å². The summed E-state index contributed by atoms with van der Waals surface area (Å²) < 4.78 is 41.1. The number of likely N-dealkylation sites (tertiary alicyclic amines) is 2. The summed E-state index contributed by atoms with van der Waals surface area (Å²) in [6.07, 6.45) is -0.457. The molecule has 9 nitrogen and oxygen atoms in total. The van der Waals surface area contributed by atoms with E-state index >= 15 is 0 Å². The molecule has 3 fully saturated rings. The Hall–Kier alpha value is -4.22. The zero-order valence-electron chi connectivity index (χ0n) is 24.4. The van der Waals surface area contributed by atoms with Gasteiger partial charge < -0.3 is 9.80 Å². The van der Waals surface area contributed by atoms with Gasteiger partial charge in [-0.15, -0.1) is 0 Å². The Labute approximate surface area is 252 Å². The summed E-state index contributed by atoms with van der Waals surface area (Å²) in [5.74, 6) is -1.25. The molecular formula is C32H33F3N6O3. The third-order valence-corrected chi connectivity index (χ3v) is 9.53. The smallest absolute Gasteiger partial charge is 0.342 e. The fraction of sp³-hybridized carbons (Fsp3) is 0.469. The Balaban J connectivity index is 1.15. The molecule has 1 unspecified atom stereocenters. The first-order chi connectivity index (χ1) is 21.0. The predicted octanol–water partition coefficient (Wildman–Crippen LogP) is 4.01. The van der Waals surface area contributed by atoms with Gasteiger partial charge in [0.15, 0.2) is 0 Å². The molecule has 1 aromatic heterocycles. The number of carbonyl (C=O) groups is 3. The third-order valence-electron chi connectivity index (χ3n) is 9.53. The average Bonchev–Trinajstić information content (AvgIpc) is 3.58. The van der Waals surface area contributed by atoms with Gasteiger partial charge in [0.1, 0.15) is 11.4 Å². The van der Waals surface area contributed by atoms with E-state index in [1.54, 1.807) is 4.90 Å². The number of aliphatic imine (C=N–C) groups is 1. The molecule has 4 aliphatic rings. The SMILES string of the molecule is Cn1ncc2cc(-c3ccc(C4=NC5(CCN(C(=O)C(F)(F)F)CC5)C(=O)N4CC4CCN(C(=O)C5CC5)C4)cc3)ccc21. The Morgan fingerprint density at radius 2 is 1.61 bits per heavy atom. The van der Waals surface area contributed by atoms with E-state index in [1.165, 1.54) is 0 Å². The fourth-order valence-corrected chi connectivity index (χ4v) is 6.82. The lowest BCUT2D eigenvalue weighted by atomic mass is 9.87. The van der Waals surface area contributed by atoms with Crippen LogP contribution in [0.25, 0.3) is 22.0 Å². The Bertz CT molecular complexity index is 1670. The maximum Gasteiger partial charge on any atom is 0.471 e. The van der Waals surface area contributed by atoms with Gasteiger partial charge in [0.25, 0.3) is 5.91 Å². The number of hydrogen-bond donors (Lipinski definition) is 0. The number of piperidine rings is 1. The van der Waals surface area contributed by atoms with Crippen LogP contribution in [0.4, 0.5) is 13.2 Å². The molecule has 1 aliphatic carbocycles. The lowest BCUT2D eigenvalue weighted by Crippen LogP contribution is -2.54. The zero-order valence-corrected chi connectivity index (χ0v) is 24.4. The number of fused-ring (bicyclic) bond motifs is 1. The minimum absolute atomic E-state index is 0.0216. The number of amidine groups is 1. The number of benzene rings is 2. The highest BCUT2D eigenvalue weighted by Crippen LogP contribution is 2.38. The fourth-order valence-electron chi connectivity index (χ4n) is 6.82. The topological polar surface area (TPSA) is 91.1 Å². The molecule has 2 saturated heterocycles. The summed E-state index contributed by atoms with van der Waals surface area (Å²) >= 11 is 0. The van der Waals surface area contributed by atoms with E-state index in [0.717, 1.165) is 51.8 Å². The monoisotopic (exact) mass is 606 g/mol. The van der Waals surface area contributed by atoms with Gasteiger partial charge in [-0.1, -0.05) is 30.3 Å². The zero-order chi connectivity index (χ0) is 30.8. The van der Waals surface area contributed by atoms with Crippen molar-refractivity contribution in [1.29, 1.82) is 0 Å². The first-order valence-corrected chi connectivity index (χ1v) is 15.1. The molecule has 0 radical (unpaired) electrons. The van der Waals surface area contributed by atoms with Gasteiger partial charge in [-0.3, -0.25) is 29.0 Å². The van der Waals surface area contributed by atoms with Crippen LogP contribution >= 0.6 is 0 Å². The van der Waals surface area contributed by atoms with Gasteiger partial charge in [-0.2, -0.15) is 18.3 Å². The van der Waals surface area contributed by atoms with Crippen LogP contribution < -0.4 is 0 Å². The molecule has 0 N–H and O–H groups in total. The second kappa shape index (κ2) is 10.4. The Kier molecular flexibility index (Phi) is 6.78. The largest absolute Gasteiger partial charge is 0.471 e. The van der Waals surface area contributed by atoms with E-state index in [1.807, 2.05) is 59.2 Å². The Morgan fingerprint density at radius 1 is 0.932 bits per heavy atom. The van der Waals surface area contributed by atoms with E-state index in [-0.39, 0.29) is 49.6 Å². The molecule has 0 bridgehead atoms. The number of hydrogen-bond acceptors (Lipinski definition) is 5. The van der Waals surface area contributed by atoms with Crippen molar-refractivity contribution in [2.24, 2.45) is 23.9 Å². The maximum atomic E-state index is 14.1. The molecule has 44 heavy (non-hydrogen) atoms. The summed E-state index contributed by atoms with van der Waals surface area (Å²) in [5.41, 5.74) is 2.54. The molecule has 2 aromatic carbocycles. The molecule has 230 valence electrons. The van der Waals surface area contributed by atoms with E-state index in [0.29, 0.717) is 25.5 Å². The highest BCUT2D eigenvalue weighted by Gasteiger charge is 2.53. The molecular weight excluding hydrogens is 573 g/mol. The first kappa shape index (κ1) is 28.5. The Morgan fingerprint density at radius 3 is 2.30 bits per heavy atom. The molecule has 1 saturated carbocycles. The van der Waals surface area contributed by atoms with Crippen molar-refractivity contribution in [2.45, 2.75) is 43.8 Å². The van der Waals surface area contributed by atoms with Crippen LogP contribution in [-0.4, -0.2) is 92.5 Å². The van der Waals surface area contributed by atoms with Gasteiger partial charge in [0.05, 0.1) is 11.7 Å². The van der Waals surface area contributed by atoms with Crippen molar-refractivity contribution in [3.63, 3.8) is 0 Å². The number of carbonyl (C=O) groups excluding carboxylic acids is 3. The number of rotatable bonds is 5. The van der Waals surface area contributed by atoms with E-state index in [9.17, 15) is 27.6 Å². The van der Waals surface area contributed by atoms with Crippen molar-refractivity contribution in [1.82, 2.24) is 24.5 Å². The average molecular weight is 607 g/mol. The van der Waals surface area contributed by atoms with Gasteiger partial charge in [-0.05, 0) is 61.3 Å².